The number of amides is 1. The quantitative estimate of drug-likeness (QED) is 0.548. The third kappa shape index (κ3) is 10.2. The molecule has 0 saturated carbocycles. The highest BCUT2D eigenvalue weighted by molar-refractivity contribution is 7.88. The Morgan fingerprint density at radius 3 is 2.35 bits per heavy atom. The predicted octanol–water partition coefficient (Wildman–Crippen LogP) is -0.570. The van der Waals surface area contributed by atoms with Crippen molar-refractivity contribution in [2.24, 2.45) is 0 Å². The Labute approximate surface area is 104 Å². The molecule has 0 bridgehead atoms. The molecule has 0 atom stereocenters. The second kappa shape index (κ2) is 6.93. The van der Waals surface area contributed by atoms with Crippen LogP contribution in [0.5, 0.6) is 0 Å². The first-order valence-corrected chi connectivity index (χ1v) is 7.52. The van der Waals surface area contributed by atoms with Crippen molar-refractivity contribution < 1.29 is 13.2 Å². The summed E-state index contributed by atoms with van der Waals surface area (Å²) in [6, 6.07) is 0. The lowest BCUT2D eigenvalue weighted by atomic mass is 10.1. The summed E-state index contributed by atoms with van der Waals surface area (Å²) in [7, 11) is -3.24. The molecule has 0 aromatic carbocycles. The van der Waals surface area contributed by atoms with Crippen molar-refractivity contribution in [3.63, 3.8) is 0 Å². The van der Waals surface area contributed by atoms with Crippen molar-refractivity contribution in [3.05, 3.63) is 0 Å². The first kappa shape index (κ1) is 16.3. The van der Waals surface area contributed by atoms with Gasteiger partial charge in [0, 0.05) is 18.6 Å². The number of nitrogens with one attached hydrogen (secondary N) is 3. The summed E-state index contributed by atoms with van der Waals surface area (Å²) in [5.74, 6) is -0.0815. The third-order valence-corrected chi connectivity index (χ3v) is 2.81. The molecule has 0 radical (unpaired) electrons. The first-order valence-electron chi connectivity index (χ1n) is 5.62. The van der Waals surface area contributed by atoms with Crippen LogP contribution in [-0.2, 0) is 14.8 Å². The zero-order chi connectivity index (χ0) is 13.5. The lowest BCUT2D eigenvalue weighted by Crippen LogP contribution is -2.51. The standard InChI is InChI=1S/C10H23N3O3S/c1-5-6-12-9(14)7-11-8-10(2,3)13-17(4,15)16/h11,13H,5-8H2,1-4H3,(H,12,14). The monoisotopic (exact) mass is 265 g/mol. The van der Waals surface area contributed by atoms with Crippen molar-refractivity contribution in [1.82, 2.24) is 15.4 Å². The lowest BCUT2D eigenvalue weighted by Gasteiger charge is -2.25. The van der Waals surface area contributed by atoms with Gasteiger partial charge < -0.3 is 10.6 Å². The van der Waals surface area contributed by atoms with Crippen LogP contribution in [0.4, 0.5) is 0 Å². The van der Waals surface area contributed by atoms with Gasteiger partial charge in [-0.2, -0.15) is 0 Å². The molecule has 0 aromatic rings. The van der Waals surface area contributed by atoms with E-state index >= 15 is 0 Å². The number of carbonyl (C=O) groups excluding carboxylic acids is 1. The zero-order valence-corrected chi connectivity index (χ0v) is 11.8. The minimum atomic E-state index is -3.24. The van der Waals surface area contributed by atoms with Crippen molar-refractivity contribution >= 4 is 15.9 Å². The molecule has 0 aliphatic rings. The van der Waals surface area contributed by atoms with Gasteiger partial charge in [-0.15, -0.1) is 0 Å². The van der Waals surface area contributed by atoms with E-state index in [4.69, 9.17) is 0 Å². The van der Waals surface area contributed by atoms with E-state index in [1.54, 1.807) is 13.8 Å². The second-order valence-corrected chi connectivity index (χ2v) is 6.46. The van der Waals surface area contributed by atoms with Crippen molar-refractivity contribution in [3.8, 4) is 0 Å². The fourth-order valence-corrected chi connectivity index (χ4v) is 2.43. The molecule has 17 heavy (non-hydrogen) atoms. The van der Waals surface area contributed by atoms with E-state index in [1.165, 1.54) is 0 Å². The smallest absolute Gasteiger partial charge is 0.233 e. The van der Waals surface area contributed by atoms with Crippen LogP contribution in [0.15, 0.2) is 0 Å². The molecule has 3 N–H and O–H groups in total. The molecule has 0 unspecified atom stereocenters. The maximum Gasteiger partial charge on any atom is 0.233 e. The molecule has 102 valence electrons. The van der Waals surface area contributed by atoms with E-state index < -0.39 is 15.6 Å². The average Bonchev–Trinajstić information content (AvgIpc) is 2.10. The Balaban J connectivity index is 3.91. The van der Waals surface area contributed by atoms with Crippen LogP contribution in [0.25, 0.3) is 0 Å². The fourth-order valence-electron chi connectivity index (χ4n) is 1.35. The summed E-state index contributed by atoms with van der Waals surface area (Å²) in [4.78, 5) is 11.3. The minimum Gasteiger partial charge on any atom is -0.355 e. The van der Waals surface area contributed by atoms with Gasteiger partial charge in [0.1, 0.15) is 0 Å². The van der Waals surface area contributed by atoms with Gasteiger partial charge in [0.25, 0.3) is 0 Å². The van der Waals surface area contributed by atoms with E-state index in [9.17, 15) is 13.2 Å². The summed E-state index contributed by atoms with van der Waals surface area (Å²) >= 11 is 0. The highest BCUT2D eigenvalue weighted by Crippen LogP contribution is 2.01. The van der Waals surface area contributed by atoms with Crippen LogP contribution in [0.2, 0.25) is 0 Å². The van der Waals surface area contributed by atoms with E-state index in [0.29, 0.717) is 13.1 Å². The van der Waals surface area contributed by atoms with Crippen LogP contribution in [0, 0.1) is 0 Å². The minimum absolute atomic E-state index is 0.0815. The number of rotatable bonds is 8. The summed E-state index contributed by atoms with van der Waals surface area (Å²) < 4.78 is 24.6. The Morgan fingerprint density at radius 2 is 1.88 bits per heavy atom. The van der Waals surface area contributed by atoms with Gasteiger partial charge in [-0.25, -0.2) is 13.1 Å². The summed E-state index contributed by atoms with van der Waals surface area (Å²) in [6.45, 7) is 6.73. The maximum atomic E-state index is 11.3. The number of carbonyl (C=O) groups is 1. The van der Waals surface area contributed by atoms with Crippen molar-refractivity contribution in [1.29, 1.82) is 0 Å². The van der Waals surface area contributed by atoms with Gasteiger partial charge >= 0.3 is 0 Å². The summed E-state index contributed by atoms with van der Waals surface area (Å²) in [5.41, 5.74) is -0.612. The predicted molar refractivity (Wildman–Crippen MR) is 68.2 cm³/mol. The highest BCUT2D eigenvalue weighted by Gasteiger charge is 2.21. The van der Waals surface area contributed by atoms with Crippen LogP contribution in [-0.4, -0.2) is 45.8 Å². The molecule has 0 aromatic heterocycles. The molecule has 0 heterocycles. The van der Waals surface area contributed by atoms with E-state index in [-0.39, 0.29) is 12.5 Å². The Kier molecular flexibility index (Phi) is 6.66. The van der Waals surface area contributed by atoms with Gasteiger partial charge in [-0.3, -0.25) is 4.79 Å². The molecular formula is C10H23N3O3S. The molecule has 0 rings (SSSR count). The second-order valence-electron chi connectivity index (χ2n) is 4.71. The largest absolute Gasteiger partial charge is 0.355 e. The van der Waals surface area contributed by atoms with Gasteiger partial charge in [-0.1, -0.05) is 6.92 Å². The van der Waals surface area contributed by atoms with Crippen molar-refractivity contribution in [2.45, 2.75) is 32.7 Å². The molecule has 1 amide bonds. The SMILES string of the molecule is CCCNC(=O)CNCC(C)(C)NS(C)(=O)=O. The van der Waals surface area contributed by atoms with E-state index in [1.807, 2.05) is 6.92 Å². The summed E-state index contributed by atoms with van der Waals surface area (Å²) in [6.07, 6.45) is 2.01. The van der Waals surface area contributed by atoms with Crippen LogP contribution >= 0.6 is 0 Å². The first-order chi connectivity index (χ1) is 7.66. The van der Waals surface area contributed by atoms with E-state index in [2.05, 4.69) is 15.4 Å². The average molecular weight is 265 g/mol. The lowest BCUT2D eigenvalue weighted by molar-refractivity contribution is -0.120. The zero-order valence-electron chi connectivity index (χ0n) is 11.0. The molecule has 0 saturated heterocycles. The number of sulfonamides is 1. The molecule has 0 fully saturated rings. The maximum absolute atomic E-state index is 11.3. The molecule has 0 aliphatic carbocycles. The van der Waals surface area contributed by atoms with Crippen LogP contribution < -0.4 is 15.4 Å². The van der Waals surface area contributed by atoms with E-state index in [0.717, 1.165) is 12.7 Å². The fraction of sp³-hybridized carbons (Fsp3) is 0.900. The van der Waals surface area contributed by atoms with Gasteiger partial charge in [0.2, 0.25) is 15.9 Å². The number of hydrogen-bond acceptors (Lipinski definition) is 4. The molecular weight excluding hydrogens is 242 g/mol. The topological polar surface area (TPSA) is 87.3 Å². The number of hydrogen-bond donors (Lipinski definition) is 3. The van der Waals surface area contributed by atoms with Crippen LogP contribution in [0.3, 0.4) is 0 Å². The van der Waals surface area contributed by atoms with Crippen molar-refractivity contribution in [2.75, 3.05) is 25.9 Å². The third-order valence-electron chi connectivity index (χ3n) is 1.89. The molecule has 6 nitrogen and oxygen atoms in total. The Bertz CT molecular complexity index is 339. The normalized spacial score (nSPS) is 12.5. The van der Waals surface area contributed by atoms with Gasteiger partial charge in [0.15, 0.2) is 0 Å². The Morgan fingerprint density at radius 1 is 1.29 bits per heavy atom. The molecule has 0 aliphatic heterocycles. The highest BCUT2D eigenvalue weighted by atomic mass is 32.2. The van der Waals surface area contributed by atoms with Gasteiger partial charge in [0.05, 0.1) is 12.8 Å². The van der Waals surface area contributed by atoms with Crippen LogP contribution in [0.1, 0.15) is 27.2 Å². The molecule has 7 heteroatoms. The molecule has 0 spiro atoms. The Hall–Kier alpha value is -0.660. The summed E-state index contributed by atoms with van der Waals surface area (Å²) in [5, 5.41) is 5.64. The van der Waals surface area contributed by atoms with Gasteiger partial charge in [-0.05, 0) is 20.3 Å².